The van der Waals surface area contributed by atoms with Crippen molar-refractivity contribution in [1.82, 2.24) is 10.6 Å². The lowest BCUT2D eigenvalue weighted by Gasteiger charge is -2.34. The van der Waals surface area contributed by atoms with Gasteiger partial charge in [-0.3, -0.25) is 10.1 Å². The SMILES string of the molecule is C=CCN[C@](NC(=O)CC(C)C)(C(=O)OCC)C(F)(F)F. The maximum Gasteiger partial charge on any atom is 0.436 e. The highest BCUT2D eigenvalue weighted by Gasteiger charge is 2.62. The fraction of sp³-hybridized carbons (Fsp3) is 0.692. The van der Waals surface area contributed by atoms with E-state index in [2.05, 4.69) is 11.3 Å². The van der Waals surface area contributed by atoms with Gasteiger partial charge in [0.25, 0.3) is 5.66 Å². The molecule has 0 rings (SSSR count). The maximum atomic E-state index is 13.4. The monoisotopic (exact) mass is 310 g/mol. The molecule has 0 saturated carbocycles. The predicted molar refractivity (Wildman–Crippen MR) is 71.2 cm³/mol. The fourth-order valence-electron chi connectivity index (χ4n) is 1.55. The molecule has 21 heavy (non-hydrogen) atoms. The number of esters is 1. The number of halogens is 3. The van der Waals surface area contributed by atoms with Crippen LogP contribution in [-0.4, -0.2) is 36.9 Å². The quantitative estimate of drug-likeness (QED) is 0.407. The first kappa shape index (κ1) is 19.4. The molecule has 0 bridgehead atoms. The number of alkyl halides is 3. The summed E-state index contributed by atoms with van der Waals surface area (Å²) in [6.07, 6.45) is -4.06. The zero-order valence-electron chi connectivity index (χ0n) is 12.3. The minimum Gasteiger partial charge on any atom is -0.463 e. The normalized spacial score (nSPS) is 14.4. The molecular formula is C13H21F3N2O3. The van der Waals surface area contributed by atoms with E-state index < -0.39 is 23.7 Å². The molecule has 0 aromatic heterocycles. The van der Waals surface area contributed by atoms with Gasteiger partial charge in [-0.25, -0.2) is 4.79 Å². The van der Waals surface area contributed by atoms with Crippen molar-refractivity contribution in [3.63, 3.8) is 0 Å². The second-order valence-corrected chi connectivity index (χ2v) is 4.78. The summed E-state index contributed by atoms with van der Waals surface area (Å²) in [5.74, 6) is -2.65. The molecule has 0 aromatic carbocycles. The van der Waals surface area contributed by atoms with E-state index in [9.17, 15) is 22.8 Å². The van der Waals surface area contributed by atoms with Gasteiger partial charge in [-0.15, -0.1) is 6.58 Å². The van der Waals surface area contributed by atoms with Gasteiger partial charge in [-0.05, 0) is 12.8 Å². The predicted octanol–water partition coefficient (Wildman–Crippen LogP) is 1.75. The zero-order chi connectivity index (χ0) is 16.7. The molecule has 0 aliphatic carbocycles. The van der Waals surface area contributed by atoms with Gasteiger partial charge < -0.3 is 10.1 Å². The van der Waals surface area contributed by atoms with Crippen molar-refractivity contribution in [1.29, 1.82) is 0 Å². The van der Waals surface area contributed by atoms with Crippen molar-refractivity contribution in [2.45, 2.75) is 39.0 Å². The van der Waals surface area contributed by atoms with Crippen molar-refractivity contribution in [3.8, 4) is 0 Å². The molecule has 1 atom stereocenters. The summed E-state index contributed by atoms with van der Waals surface area (Å²) in [7, 11) is 0. The first-order valence-electron chi connectivity index (χ1n) is 6.51. The average molecular weight is 310 g/mol. The third-order valence-electron chi connectivity index (χ3n) is 2.44. The summed E-state index contributed by atoms with van der Waals surface area (Å²) in [5, 5.41) is 3.69. The Hall–Kier alpha value is -1.57. The highest BCUT2D eigenvalue weighted by Crippen LogP contribution is 2.30. The first-order valence-corrected chi connectivity index (χ1v) is 6.51. The Morgan fingerprint density at radius 3 is 2.29 bits per heavy atom. The third-order valence-corrected chi connectivity index (χ3v) is 2.44. The standard InChI is InChI=1S/C13H21F3N2O3/c1-5-7-17-12(13(14,15)16,11(20)21-6-2)18-10(19)8-9(3)4/h5,9,17H,1,6-8H2,2-4H3,(H,18,19)/t12-/m0/s1. The minimum atomic E-state index is -5.06. The summed E-state index contributed by atoms with van der Waals surface area (Å²) < 4.78 is 44.5. The highest BCUT2D eigenvalue weighted by atomic mass is 19.4. The van der Waals surface area contributed by atoms with E-state index in [0.29, 0.717) is 0 Å². The van der Waals surface area contributed by atoms with Crippen LogP contribution < -0.4 is 10.6 Å². The van der Waals surface area contributed by atoms with Crippen molar-refractivity contribution in [3.05, 3.63) is 12.7 Å². The summed E-state index contributed by atoms with van der Waals surface area (Å²) in [5.41, 5.74) is -3.27. The van der Waals surface area contributed by atoms with Gasteiger partial charge in [0, 0.05) is 13.0 Å². The summed E-state index contributed by atoms with van der Waals surface area (Å²) >= 11 is 0. The first-order chi connectivity index (χ1) is 9.60. The average Bonchev–Trinajstić information content (AvgIpc) is 2.32. The minimum absolute atomic E-state index is 0.146. The number of ether oxygens (including phenoxy) is 1. The Kier molecular flexibility index (Phi) is 7.42. The molecule has 0 fully saturated rings. The molecule has 0 aromatic rings. The van der Waals surface area contributed by atoms with Crippen LogP contribution in [0.4, 0.5) is 13.2 Å². The van der Waals surface area contributed by atoms with E-state index >= 15 is 0 Å². The molecule has 0 saturated heterocycles. The lowest BCUT2D eigenvalue weighted by atomic mass is 10.1. The molecule has 1 amide bonds. The summed E-state index contributed by atoms with van der Waals surface area (Å²) in [4.78, 5) is 23.5. The number of hydrogen-bond acceptors (Lipinski definition) is 4. The largest absolute Gasteiger partial charge is 0.463 e. The molecule has 8 heteroatoms. The van der Waals surface area contributed by atoms with E-state index in [0.717, 1.165) is 6.08 Å². The van der Waals surface area contributed by atoms with E-state index in [1.54, 1.807) is 19.2 Å². The molecule has 5 nitrogen and oxygen atoms in total. The summed E-state index contributed by atoms with van der Waals surface area (Å²) in [6, 6.07) is 0. The van der Waals surface area contributed by atoms with Crippen LogP contribution in [0, 0.1) is 5.92 Å². The van der Waals surface area contributed by atoms with Crippen LogP contribution in [0.2, 0.25) is 0 Å². The van der Waals surface area contributed by atoms with Gasteiger partial charge in [-0.1, -0.05) is 19.9 Å². The maximum absolute atomic E-state index is 13.4. The van der Waals surface area contributed by atoms with Crippen molar-refractivity contribution >= 4 is 11.9 Å². The number of carbonyl (C=O) groups excluding carboxylic acids is 2. The van der Waals surface area contributed by atoms with Crippen LogP contribution in [0.15, 0.2) is 12.7 Å². The molecule has 0 unspecified atom stereocenters. The number of rotatable bonds is 8. The van der Waals surface area contributed by atoms with Gasteiger partial charge >= 0.3 is 12.1 Å². The third kappa shape index (κ3) is 5.37. The number of carbonyl (C=O) groups is 2. The van der Waals surface area contributed by atoms with Crippen molar-refractivity contribution < 1.29 is 27.5 Å². The second kappa shape index (κ2) is 8.02. The molecule has 0 aliphatic rings. The molecule has 0 spiro atoms. The summed E-state index contributed by atoms with van der Waals surface area (Å²) in [6.45, 7) is 7.44. The smallest absolute Gasteiger partial charge is 0.436 e. The number of hydrogen-bond donors (Lipinski definition) is 2. The molecule has 0 aliphatic heterocycles. The lowest BCUT2D eigenvalue weighted by Crippen LogP contribution is -2.72. The highest BCUT2D eigenvalue weighted by molar-refractivity contribution is 5.88. The van der Waals surface area contributed by atoms with E-state index in [4.69, 9.17) is 0 Å². The van der Waals surface area contributed by atoms with E-state index in [-0.39, 0.29) is 25.5 Å². The van der Waals surface area contributed by atoms with Crippen molar-refractivity contribution in [2.75, 3.05) is 13.2 Å². The van der Waals surface area contributed by atoms with Crippen LogP contribution >= 0.6 is 0 Å². The topological polar surface area (TPSA) is 67.4 Å². The van der Waals surface area contributed by atoms with Crippen molar-refractivity contribution in [2.24, 2.45) is 5.92 Å². The van der Waals surface area contributed by atoms with Crippen LogP contribution in [0.25, 0.3) is 0 Å². The second-order valence-electron chi connectivity index (χ2n) is 4.78. The Morgan fingerprint density at radius 1 is 1.33 bits per heavy atom. The van der Waals surface area contributed by atoms with Gasteiger partial charge in [-0.2, -0.15) is 13.2 Å². The Morgan fingerprint density at radius 2 is 1.90 bits per heavy atom. The van der Waals surface area contributed by atoms with Gasteiger partial charge in [0.05, 0.1) is 6.61 Å². The molecule has 0 radical (unpaired) electrons. The van der Waals surface area contributed by atoms with E-state index in [1.807, 2.05) is 5.32 Å². The number of amides is 1. The fourth-order valence-corrected chi connectivity index (χ4v) is 1.55. The van der Waals surface area contributed by atoms with Crippen LogP contribution in [0.5, 0.6) is 0 Å². The van der Waals surface area contributed by atoms with Crippen LogP contribution in [-0.2, 0) is 14.3 Å². The Labute approximate surface area is 121 Å². The molecule has 0 heterocycles. The van der Waals surface area contributed by atoms with Crippen LogP contribution in [0.1, 0.15) is 27.2 Å². The van der Waals surface area contributed by atoms with Crippen LogP contribution in [0.3, 0.4) is 0 Å². The zero-order valence-corrected chi connectivity index (χ0v) is 12.3. The van der Waals surface area contributed by atoms with E-state index in [1.165, 1.54) is 6.92 Å². The van der Waals surface area contributed by atoms with Gasteiger partial charge in [0.15, 0.2) is 0 Å². The molecule has 122 valence electrons. The Balaban J connectivity index is 5.50. The number of nitrogens with one attached hydrogen (secondary N) is 2. The molecule has 2 N–H and O–H groups in total. The lowest BCUT2D eigenvalue weighted by molar-refractivity contribution is -0.221. The molecular weight excluding hydrogens is 289 g/mol. The van der Waals surface area contributed by atoms with Gasteiger partial charge in [0.1, 0.15) is 0 Å². The Bertz CT molecular complexity index is 383. The van der Waals surface area contributed by atoms with Gasteiger partial charge in [0.2, 0.25) is 5.91 Å².